The largest absolute Gasteiger partial charge is 0.496 e. The minimum Gasteiger partial charge on any atom is -0.496 e. The average Bonchev–Trinajstić information content (AvgIpc) is 2.99. The molecule has 28 heavy (non-hydrogen) atoms. The van der Waals surface area contributed by atoms with Crippen LogP contribution in [0.4, 0.5) is 0 Å². The summed E-state index contributed by atoms with van der Waals surface area (Å²) in [5.41, 5.74) is 1.12. The molecule has 0 fully saturated rings. The van der Waals surface area contributed by atoms with Gasteiger partial charge in [0.15, 0.2) is 11.8 Å². The van der Waals surface area contributed by atoms with Crippen molar-refractivity contribution in [2.24, 2.45) is 12.0 Å². The highest BCUT2D eigenvalue weighted by atomic mass is 127. The molecule has 0 saturated carbocycles. The van der Waals surface area contributed by atoms with Gasteiger partial charge < -0.3 is 19.5 Å². The summed E-state index contributed by atoms with van der Waals surface area (Å²) in [7, 11) is 5.70. The summed E-state index contributed by atoms with van der Waals surface area (Å²) in [5.74, 6) is 4.59. The van der Waals surface area contributed by atoms with E-state index in [1.54, 1.807) is 7.11 Å². The van der Waals surface area contributed by atoms with E-state index in [0.29, 0.717) is 13.1 Å². The lowest BCUT2D eigenvalue weighted by Crippen LogP contribution is -2.39. The number of hydrogen-bond acceptors (Lipinski definition) is 5. The third kappa shape index (κ3) is 7.16. The number of nitrogens with one attached hydrogen (secondary N) is 1. The van der Waals surface area contributed by atoms with Crippen LogP contribution >= 0.6 is 35.7 Å². The Bertz CT molecular complexity index is 752. The summed E-state index contributed by atoms with van der Waals surface area (Å²) in [6.45, 7) is 4.01. The van der Waals surface area contributed by atoms with Gasteiger partial charge in [0.25, 0.3) is 0 Å². The van der Waals surface area contributed by atoms with Crippen molar-refractivity contribution in [3.05, 3.63) is 41.5 Å². The maximum absolute atomic E-state index is 5.48. The molecule has 0 radical (unpaired) electrons. The molecule has 0 unspecified atom stereocenters. The van der Waals surface area contributed by atoms with Gasteiger partial charge >= 0.3 is 0 Å². The first-order chi connectivity index (χ1) is 13.1. The monoisotopic (exact) mass is 518 g/mol. The second-order valence-electron chi connectivity index (χ2n) is 6.30. The number of methoxy groups -OCH3 is 1. The normalized spacial score (nSPS) is 11.1. The SMILES string of the molecule is COc1ccccc1CN(C)C(=NCc1nnc(C)n1C)NCCCSC.I. The van der Waals surface area contributed by atoms with Gasteiger partial charge in [-0.3, -0.25) is 0 Å². The second kappa shape index (κ2) is 12.9. The predicted molar refractivity (Wildman–Crippen MR) is 128 cm³/mol. The van der Waals surface area contributed by atoms with E-state index >= 15 is 0 Å². The Balaban J connectivity index is 0.00000392. The van der Waals surface area contributed by atoms with Crippen LogP contribution in [0.1, 0.15) is 23.6 Å². The molecule has 156 valence electrons. The Morgan fingerprint density at radius 1 is 1.32 bits per heavy atom. The van der Waals surface area contributed by atoms with Crippen LogP contribution < -0.4 is 10.1 Å². The van der Waals surface area contributed by atoms with Crippen molar-refractivity contribution in [2.45, 2.75) is 26.4 Å². The van der Waals surface area contributed by atoms with Crippen molar-refractivity contribution in [1.29, 1.82) is 0 Å². The number of rotatable bonds is 9. The zero-order valence-electron chi connectivity index (χ0n) is 17.3. The van der Waals surface area contributed by atoms with E-state index in [-0.39, 0.29) is 24.0 Å². The Morgan fingerprint density at radius 3 is 2.71 bits per heavy atom. The van der Waals surface area contributed by atoms with Gasteiger partial charge in [0.05, 0.1) is 7.11 Å². The first-order valence-corrected chi connectivity index (χ1v) is 10.4. The number of guanidine groups is 1. The molecule has 0 aliphatic rings. The molecule has 7 nitrogen and oxygen atoms in total. The van der Waals surface area contributed by atoms with E-state index in [9.17, 15) is 0 Å². The Labute approximate surface area is 189 Å². The van der Waals surface area contributed by atoms with Gasteiger partial charge in [-0.2, -0.15) is 11.8 Å². The van der Waals surface area contributed by atoms with Gasteiger partial charge in [-0.15, -0.1) is 34.2 Å². The van der Waals surface area contributed by atoms with Crippen molar-refractivity contribution < 1.29 is 4.74 Å². The van der Waals surface area contributed by atoms with E-state index in [0.717, 1.165) is 47.6 Å². The molecule has 1 aromatic heterocycles. The van der Waals surface area contributed by atoms with Crippen LogP contribution in [-0.2, 0) is 20.1 Å². The molecule has 0 aliphatic carbocycles. The van der Waals surface area contributed by atoms with Crippen molar-refractivity contribution in [3.63, 3.8) is 0 Å². The standard InChI is InChI=1S/C19H30N6OS.HI/c1-15-22-23-18(25(15)3)13-21-19(20-11-8-12-27-5)24(2)14-16-9-6-7-10-17(16)26-4;/h6-7,9-10H,8,11-14H2,1-5H3,(H,20,21);1H. The Hall–Kier alpha value is -1.49. The van der Waals surface area contributed by atoms with Crippen LogP contribution in [-0.4, -0.2) is 58.3 Å². The van der Waals surface area contributed by atoms with E-state index < -0.39 is 0 Å². The number of ether oxygens (including phenoxy) is 1. The third-order valence-electron chi connectivity index (χ3n) is 4.32. The second-order valence-corrected chi connectivity index (χ2v) is 7.29. The van der Waals surface area contributed by atoms with E-state index in [2.05, 4.69) is 32.7 Å². The highest BCUT2D eigenvalue weighted by Crippen LogP contribution is 2.18. The number of benzene rings is 1. The third-order valence-corrected chi connectivity index (χ3v) is 5.02. The number of hydrogen-bond donors (Lipinski definition) is 1. The lowest BCUT2D eigenvalue weighted by Gasteiger charge is -2.23. The van der Waals surface area contributed by atoms with Gasteiger partial charge in [0.2, 0.25) is 0 Å². The lowest BCUT2D eigenvalue weighted by molar-refractivity contribution is 0.395. The van der Waals surface area contributed by atoms with Gasteiger partial charge in [-0.1, -0.05) is 18.2 Å². The number of para-hydroxylation sites is 1. The first-order valence-electron chi connectivity index (χ1n) is 9.02. The summed E-state index contributed by atoms with van der Waals surface area (Å²) < 4.78 is 7.44. The van der Waals surface area contributed by atoms with E-state index in [1.807, 2.05) is 55.5 Å². The van der Waals surface area contributed by atoms with Crippen molar-refractivity contribution in [2.75, 3.05) is 32.7 Å². The van der Waals surface area contributed by atoms with Crippen LogP contribution in [0.25, 0.3) is 0 Å². The maximum atomic E-state index is 5.48. The van der Waals surface area contributed by atoms with Crippen LogP contribution in [0.3, 0.4) is 0 Å². The summed E-state index contributed by atoms with van der Waals surface area (Å²) in [4.78, 5) is 6.89. The van der Waals surface area contributed by atoms with Gasteiger partial charge in [-0.05, 0) is 31.4 Å². The zero-order valence-corrected chi connectivity index (χ0v) is 20.5. The lowest BCUT2D eigenvalue weighted by atomic mass is 10.2. The maximum Gasteiger partial charge on any atom is 0.194 e. The summed E-state index contributed by atoms with van der Waals surface area (Å²) in [5, 5.41) is 11.8. The van der Waals surface area contributed by atoms with Gasteiger partial charge in [-0.25, -0.2) is 4.99 Å². The van der Waals surface area contributed by atoms with Crippen LogP contribution in [0.5, 0.6) is 5.75 Å². The minimum absolute atomic E-state index is 0. The number of aryl methyl sites for hydroxylation is 1. The summed E-state index contributed by atoms with van der Waals surface area (Å²) in [6.07, 6.45) is 3.21. The van der Waals surface area contributed by atoms with E-state index in [1.165, 1.54) is 0 Å². The molecule has 2 rings (SSSR count). The topological polar surface area (TPSA) is 67.6 Å². The Kier molecular flexibility index (Phi) is 11.3. The van der Waals surface area contributed by atoms with E-state index in [4.69, 9.17) is 9.73 Å². The number of halogens is 1. The molecular weight excluding hydrogens is 487 g/mol. The molecule has 0 spiro atoms. The quantitative estimate of drug-likeness (QED) is 0.238. The molecule has 2 aromatic rings. The molecule has 0 aliphatic heterocycles. The van der Waals surface area contributed by atoms with Crippen LogP contribution in [0.15, 0.2) is 29.3 Å². The highest BCUT2D eigenvalue weighted by molar-refractivity contribution is 14.0. The van der Waals surface area contributed by atoms with Crippen LogP contribution in [0.2, 0.25) is 0 Å². The van der Waals surface area contributed by atoms with Gasteiger partial charge in [0, 0.05) is 32.7 Å². The molecular formula is C19H31IN6OS. The molecule has 0 saturated heterocycles. The number of aliphatic imine (C=N–C) groups is 1. The van der Waals surface area contributed by atoms with Crippen molar-refractivity contribution in [3.8, 4) is 5.75 Å². The van der Waals surface area contributed by atoms with Crippen molar-refractivity contribution >= 4 is 41.7 Å². The molecule has 9 heteroatoms. The fourth-order valence-electron chi connectivity index (χ4n) is 2.63. The summed E-state index contributed by atoms with van der Waals surface area (Å²) in [6, 6.07) is 8.06. The minimum atomic E-state index is 0. The molecule has 1 aromatic carbocycles. The Morgan fingerprint density at radius 2 is 2.07 bits per heavy atom. The highest BCUT2D eigenvalue weighted by Gasteiger charge is 2.11. The number of aromatic nitrogens is 3. The van der Waals surface area contributed by atoms with Gasteiger partial charge in [0.1, 0.15) is 18.1 Å². The van der Waals surface area contributed by atoms with Crippen molar-refractivity contribution in [1.82, 2.24) is 25.0 Å². The molecule has 1 heterocycles. The fourth-order valence-corrected chi connectivity index (χ4v) is 3.06. The zero-order chi connectivity index (χ0) is 19.6. The predicted octanol–water partition coefficient (Wildman–Crippen LogP) is 3.08. The van der Waals surface area contributed by atoms with Crippen LogP contribution in [0, 0.1) is 6.92 Å². The molecule has 0 bridgehead atoms. The number of thioether (sulfide) groups is 1. The first kappa shape index (κ1) is 24.5. The molecule has 1 N–H and O–H groups in total. The summed E-state index contributed by atoms with van der Waals surface area (Å²) >= 11 is 1.85. The smallest absolute Gasteiger partial charge is 0.194 e. The molecule has 0 amide bonds. The average molecular weight is 518 g/mol. The number of nitrogens with zero attached hydrogens (tertiary/aromatic N) is 5. The fraction of sp³-hybridized carbons (Fsp3) is 0.526. The molecule has 0 atom stereocenters.